The highest BCUT2D eigenvalue weighted by molar-refractivity contribution is 5.78. The van der Waals surface area contributed by atoms with E-state index in [4.69, 9.17) is 5.73 Å². The van der Waals surface area contributed by atoms with Crippen molar-refractivity contribution in [2.24, 2.45) is 0 Å². The van der Waals surface area contributed by atoms with Gasteiger partial charge in [-0.15, -0.1) is 0 Å². The van der Waals surface area contributed by atoms with Gasteiger partial charge in [-0.05, 0) is 6.42 Å². The first-order chi connectivity index (χ1) is 8.84. The molecule has 1 saturated heterocycles. The minimum atomic E-state index is -4.65. The third kappa shape index (κ3) is 3.46. The lowest BCUT2D eigenvalue weighted by atomic mass is 10.2. The maximum atomic E-state index is 12.5. The van der Waals surface area contributed by atoms with Crippen LogP contribution in [-0.2, 0) is 11.0 Å². The lowest BCUT2D eigenvalue weighted by Gasteiger charge is -2.13. The fourth-order valence-electron chi connectivity index (χ4n) is 1.74. The summed E-state index contributed by atoms with van der Waals surface area (Å²) in [4.78, 5) is 17.4. The van der Waals surface area contributed by atoms with Crippen molar-refractivity contribution in [2.45, 2.75) is 25.1 Å². The first-order valence-electron chi connectivity index (χ1n) is 5.59. The zero-order valence-corrected chi connectivity index (χ0v) is 9.79. The number of carbonyl (C=O) groups excluding carboxylic acids is 1. The number of nitrogens with one attached hydrogen (secondary N) is 2. The minimum absolute atomic E-state index is 0.0130. The number of nitrogens with two attached hydrogens (primary N) is 1. The SMILES string of the molecule is Nc1cc(NCC2CCC(=O)N2)nc(C(F)(F)F)n1. The highest BCUT2D eigenvalue weighted by atomic mass is 19.4. The molecular formula is C10H12F3N5O. The summed E-state index contributed by atoms with van der Waals surface area (Å²) in [5.74, 6) is -1.63. The van der Waals surface area contributed by atoms with Crippen LogP contribution < -0.4 is 16.4 Å². The van der Waals surface area contributed by atoms with Gasteiger partial charge >= 0.3 is 6.18 Å². The summed E-state index contributed by atoms with van der Waals surface area (Å²) in [5, 5.41) is 5.40. The number of alkyl halides is 3. The van der Waals surface area contributed by atoms with Crippen LogP contribution in [0.25, 0.3) is 0 Å². The quantitative estimate of drug-likeness (QED) is 0.757. The van der Waals surface area contributed by atoms with E-state index < -0.39 is 12.0 Å². The zero-order chi connectivity index (χ0) is 14.0. The molecule has 1 aliphatic rings. The Hall–Kier alpha value is -2.06. The number of nitrogens with zero attached hydrogens (tertiary/aromatic N) is 2. The van der Waals surface area contributed by atoms with Crippen LogP contribution in [0, 0.1) is 0 Å². The van der Waals surface area contributed by atoms with Crippen molar-refractivity contribution in [2.75, 3.05) is 17.6 Å². The fraction of sp³-hybridized carbons (Fsp3) is 0.500. The van der Waals surface area contributed by atoms with Gasteiger partial charge in [0.2, 0.25) is 11.7 Å². The molecule has 9 heteroatoms. The van der Waals surface area contributed by atoms with Gasteiger partial charge in [-0.2, -0.15) is 13.2 Å². The summed E-state index contributed by atoms with van der Waals surface area (Å²) < 4.78 is 37.4. The maximum Gasteiger partial charge on any atom is 0.451 e. The summed E-state index contributed by atoms with van der Waals surface area (Å²) in [6, 6.07) is 1.10. The first kappa shape index (κ1) is 13.4. The number of hydrogen-bond acceptors (Lipinski definition) is 5. The highest BCUT2D eigenvalue weighted by Gasteiger charge is 2.35. The molecule has 1 aromatic heterocycles. The van der Waals surface area contributed by atoms with E-state index in [9.17, 15) is 18.0 Å². The molecule has 0 radical (unpaired) electrons. The van der Waals surface area contributed by atoms with Crippen molar-refractivity contribution in [3.63, 3.8) is 0 Å². The van der Waals surface area contributed by atoms with Gasteiger partial charge in [-0.3, -0.25) is 4.79 Å². The Morgan fingerprint density at radius 1 is 1.47 bits per heavy atom. The number of rotatable bonds is 3. The second kappa shape index (κ2) is 4.90. The molecule has 19 heavy (non-hydrogen) atoms. The van der Waals surface area contributed by atoms with Gasteiger partial charge in [0.1, 0.15) is 11.6 Å². The summed E-state index contributed by atoms with van der Waals surface area (Å²) in [5.41, 5.74) is 5.30. The Morgan fingerprint density at radius 2 is 2.21 bits per heavy atom. The van der Waals surface area contributed by atoms with E-state index >= 15 is 0 Å². The van der Waals surface area contributed by atoms with Gasteiger partial charge in [0, 0.05) is 25.1 Å². The second-order valence-electron chi connectivity index (χ2n) is 4.18. The molecule has 0 bridgehead atoms. The summed E-state index contributed by atoms with van der Waals surface area (Å²) >= 11 is 0. The zero-order valence-electron chi connectivity index (χ0n) is 9.79. The monoisotopic (exact) mass is 275 g/mol. The predicted octanol–water partition coefficient (Wildman–Crippen LogP) is 0.768. The van der Waals surface area contributed by atoms with Crippen LogP contribution in [0.3, 0.4) is 0 Å². The molecule has 1 fully saturated rings. The average Bonchev–Trinajstić information content (AvgIpc) is 2.71. The Balaban J connectivity index is 2.04. The largest absolute Gasteiger partial charge is 0.451 e. The number of aromatic nitrogens is 2. The highest BCUT2D eigenvalue weighted by Crippen LogP contribution is 2.27. The Labute approximate surface area is 106 Å². The molecule has 1 aliphatic heterocycles. The van der Waals surface area contributed by atoms with Gasteiger partial charge in [0.05, 0.1) is 0 Å². The molecule has 1 amide bonds. The summed E-state index contributed by atoms with van der Waals surface area (Å²) in [7, 11) is 0. The number of carbonyl (C=O) groups is 1. The molecule has 4 N–H and O–H groups in total. The second-order valence-corrected chi connectivity index (χ2v) is 4.18. The van der Waals surface area contributed by atoms with Gasteiger partial charge in [0.15, 0.2) is 0 Å². The lowest BCUT2D eigenvalue weighted by Crippen LogP contribution is -2.32. The van der Waals surface area contributed by atoms with Gasteiger partial charge < -0.3 is 16.4 Å². The average molecular weight is 275 g/mol. The number of hydrogen-bond donors (Lipinski definition) is 3. The predicted molar refractivity (Wildman–Crippen MR) is 61.1 cm³/mol. The van der Waals surface area contributed by atoms with Crippen molar-refractivity contribution in [1.82, 2.24) is 15.3 Å². The van der Waals surface area contributed by atoms with Crippen LogP contribution in [0.4, 0.5) is 24.8 Å². The molecular weight excluding hydrogens is 263 g/mol. The normalized spacial score (nSPS) is 19.3. The van der Waals surface area contributed by atoms with E-state index in [0.717, 1.165) is 0 Å². The van der Waals surface area contributed by atoms with E-state index in [1.54, 1.807) is 0 Å². The van der Waals surface area contributed by atoms with Crippen LogP contribution in [0.15, 0.2) is 6.07 Å². The molecule has 0 aromatic carbocycles. The molecule has 1 atom stereocenters. The van der Waals surface area contributed by atoms with Crippen LogP contribution in [0.1, 0.15) is 18.7 Å². The maximum absolute atomic E-state index is 12.5. The molecule has 0 aliphatic carbocycles. The molecule has 0 spiro atoms. The van der Waals surface area contributed by atoms with Crippen LogP contribution in [0.5, 0.6) is 0 Å². The lowest BCUT2D eigenvalue weighted by molar-refractivity contribution is -0.144. The number of nitrogen functional groups attached to an aromatic ring is 1. The smallest absolute Gasteiger partial charge is 0.384 e. The number of amides is 1. The Morgan fingerprint density at radius 3 is 2.79 bits per heavy atom. The molecule has 1 unspecified atom stereocenters. The Bertz CT molecular complexity index is 491. The number of halogens is 3. The van der Waals surface area contributed by atoms with Crippen molar-refractivity contribution >= 4 is 17.5 Å². The topological polar surface area (TPSA) is 92.9 Å². The third-order valence-electron chi connectivity index (χ3n) is 2.61. The van der Waals surface area contributed by atoms with E-state index in [0.29, 0.717) is 19.4 Å². The Kier molecular flexibility index (Phi) is 3.45. The van der Waals surface area contributed by atoms with Crippen LogP contribution in [0.2, 0.25) is 0 Å². The fourth-order valence-corrected chi connectivity index (χ4v) is 1.74. The van der Waals surface area contributed by atoms with E-state index in [1.807, 2.05) is 0 Å². The van der Waals surface area contributed by atoms with E-state index in [-0.39, 0.29) is 23.6 Å². The van der Waals surface area contributed by atoms with Gasteiger partial charge in [-0.25, -0.2) is 9.97 Å². The van der Waals surface area contributed by atoms with Crippen LogP contribution in [-0.4, -0.2) is 28.5 Å². The van der Waals surface area contributed by atoms with Crippen molar-refractivity contribution in [1.29, 1.82) is 0 Å². The molecule has 1 aromatic rings. The van der Waals surface area contributed by atoms with E-state index in [1.165, 1.54) is 6.07 Å². The van der Waals surface area contributed by atoms with Crippen LogP contribution >= 0.6 is 0 Å². The van der Waals surface area contributed by atoms with Crippen molar-refractivity contribution < 1.29 is 18.0 Å². The molecule has 6 nitrogen and oxygen atoms in total. The van der Waals surface area contributed by atoms with E-state index in [2.05, 4.69) is 20.6 Å². The van der Waals surface area contributed by atoms with Crippen molar-refractivity contribution in [3.05, 3.63) is 11.9 Å². The standard InChI is InChI=1S/C10H12F3N5O/c11-10(12,13)9-17-6(14)3-7(18-9)15-4-5-1-2-8(19)16-5/h3,5H,1-2,4H2,(H,16,19)(H3,14,15,17,18). The summed E-state index contributed by atoms with van der Waals surface area (Å²) in [6.07, 6.45) is -3.59. The van der Waals surface area contributed by atoms with Gasteiger partial charge in [0.25, 0.3) is 0 Å². The summed E-state index contributed by atoms with van der Waals surface area (Å²) in [6.45, 7) is 0.291. The molecule has 2 heterocycles. The number of anilines is 2. The van der Waals surface area contributed by atoms with Crippen molar-refractivity contribution in [3.8, 4) is 0 Å². The molecule has 2 rings (SSSR count). The van der Waals surface area contributed by atoms with Gasteiger partial charge in [-0.1, -0.05) is 0 Å². The molecule has 104 valence electrons. The minimum Gasteiger partial charge on any atom is -0.384 e. The third-order valence-corrected chi connectivity index (χ3v) is 2.61. The first-order valence-corrected chi connectivity index (χ1v) is 5.59. The molecule has 0 saturated carbocycles.